The van der Waals surface area contributed by atoms with Crippen LogP contribution in [0, 0.1) is 10.1 Å². The first kappa shape index (κ1) is 15.2. The lowest BCUT2D eigenvalue weighted by atomic mass is 10.2. The fourth-order valence-electron chi connectivity index (χ4n) is 1.86. The van der Waals surface area contributed by atoms with Gasteiger partial charge in [-0.3, -0.25) is 10.1 Å². The number of rotatable bonds is 5. The molecule has 0 spiro atoms. The van der Waals surface area contributed by atoms with Gasteiger partial charge in [-0.15, -0.1) is 10.2 Å². The maximum atomic E-state index is 10.6. The summed E-state index contributed by atoms with van der Waals surface area (Å²) in [5.41, 5.74) is 0.806. The van der Waals surface area contributed by atoms with Crippen molar-refractivity contribution in [1.29, 1.82) is 0 Å². The van der Waals surface area contributed by atoms with E-state index in [4.69, 9.17) is 9.15 Å². The van der Waals surface area contributed by atoms with Gasteiger partial charge in [-0.1, -0.05) is 22.0 Å². The molecule has 0 atom stereocenters. The van der Waals surface area contributed by atoms with E-state index in [0.29, 0.717) is 17.5 Å². The standard InChI is InChI=1S/C15H10BrN3O4/c16-11-3-1-2-10(8-11)15-18-17-14(23-15)9-22-13-6-4-12(5-7-13)19(20)21/h1-8H,9H2. The zero-order valence-corrected chi connectivity index (χ0v) is 13.3. The van der Waals surface area contributed by atoms with Crippen LogP contribution in [0.25, 0.3) is 11.5 Å². The highest BCUT2D eigenvalue weighted by Gasteiger charge is 2.10. The van der Waals surface area contributed by atoms with Crippen LogP contribution in [0.5, 0.6) is 5.75 Å². The summed E-state index contributed by atoms with van der Waals surface area (Å²) in [6.07, 6.45) is 0. The van der Waals surface area contributed by atoms with Crippen molar-refractivity contribution in [3.05, 3.63) is 69.0 Å². The van der Waals surface area contributed by atoms with Crippen molar-refractivity contribution < 1.29 is 14.1 Å². The zero-order chi connectivity index (χ0) is 16.2. The van der Waals surface area contributed by atoms with Gasteiger partial charge in [-0.25, -0.2) is 0 Å². The minimum absolute atomic E-state index is 0.00656. The third-order valence-corrected chi connectivity index (χ3v) is 3.44. The van der Waals surface area contributed by atoms with Crippen molar-refractivity contribution in [3.63, 3.8) is 0 Å². The summed E-state index contributed by atoms with van der Waals surface area (Å²) in [5, 5.41) is 18.5. The summed E-state index contributed by atoms with van der Waals surface area (Å²) >= 11 is 3.38. The Bertz CT molecular complexity index is 833. The average molecular weight is 376 g/mol. The second-order valence-electron chi connectivity index (χ2n) is 4.55. The predicted octanol–water partition coefficient (Wildman–Crippen LogP) is 3.99. The monoisotopic (exact) mass is 375 g/mol. The van der Waals surface area contributed by atoms with Crippen LogP contribution in [0.15, 0.2) is 57.4 Å². The summed E-state index contributed by atoms with van der Waals surface area (Å²) in [7, 11) is 0. The van der Waals surface area contributed by atoms with E-state index >= 15 is 0 Å². The topological polar surface area (TPSA) is 91.3 Å². The fourth-order valence-corrected chi connectivity index (χ4v) is 2.26. The molecular weight excluding hydrogens is 366 g/mol. The van der Waals surface area contributed by atoms with Crippen molar-refractivity contribution in [2.45, 2.75) is 6.61 Å². The number of halogens is 1. The van der Waals surface area contributed by atoms with Crippen molar-refractivity contribution in [2.24, 2.45) is 0 Å². The highest BCUT2D eigenvalue weighted by atomic mass is 79.9. The van der Waals surface area contributed by atoms with Gasteiger partial charge in [-0.05, 0) is 30.3 Å². The van der Waals surface area contributed by atoms with Crippen LogP contribution in [0.2, 0.25) is 0 Å². The Kier molecular flexibility index (Phi) is 4.33. The molecule has 1 heterocycles. The Balaban J connectivity index is 1.66. The van der Waals surface area contributed by atoms with Crippen LogP contribution in [-0.4, -0.2) is 15.1 Å². The third kappa shape index (κ3) is 3.72. The third-order valence-electron chi connectivity index (χ3n) is 2.95. The Morgan fingerprint density at radius 2 is 1.96 bits per heavy atom. The zero-order valence-electron chi connectivity index (χ0n) is 11.7. The first-order valence-corrected chi connectivity index (χ1v) is 7.37. The summed E-state index contributed by atoms with van der Waals surface area (Å²) in [5.74, 6) is 1.20. The number of nitro benzene ring substituents is 1. The maximum Gasteiger partial charge on any atom is 0.269 e. The number of aromatic nitrogens is 2. The molecule has 7 nitrogen and oxygen atoms in total. The van der Waals surface area contributed by atoms with Crippen LogP contribution in [-0.2, 0) is 6.61 Å². The number of ether oxygens (including phenoxy) is 1. The van der Waals surface area contributed by atoms with Crippen LogP contribution >= 0.6 is 15.9 Å². The van der Waals surface area contributed by atoms with E-state index in [2.05, 4.69) is 26.1 Å². The molecule has 0 N–H and O–H groups in total. The molecule has 0 unspecified atom stereocenters. The van der Waals surface area contributed by atoms with Crippen LogP contribution < -0.4 is 4.74 Å². The molecule has 0 aliphatic rings. The molecule has 0 aliphatic carbocycles. The predicted molar refractivity (Wildman–Crippen MR) is 84.9 cm³/mol. The van der Waals surface area contributed by atoms with E-state index in [1.165, 1.54) is 24.3 Å². The van der Waals surface area contributed by atoms with Gasteiger partial charge in [0.25, 0.3) is 11.6 Å². The molecule has 0 bridgehead atoms. The molecule has 23 heavy (non-hydrogen) atoms. The van der Waals surface area contributed by atoms with E-state index in [-0.39, 0.29) is 12.3 Å². The highest BCUT2D eigenvalue weighted by molar-refractivity contribution is 9.10. The average Bonchev–Trinajstić information content (AvgIpc) is 3.02. The Hall–Kier alpha value is -2.74. The lowest BCUT2D eigenvalue weighted by molar-refractivity contribution is -0.384. The number of hydrogen-bond acceptors (Lipinski definition) is 6. The highest BCUT2D eigenvalue weighted by Crippen LogP contribution is 2.22. The van der Waals surface area contributed by atoms with Crippen molar-refractivity contribution >= 4 is 21.6 Å². The number of hydrogen-bond donors (Lipinski definition) is 0. The second kappa shape index (κ2) is 6.57. The summed E-state index contributed by atoms with van der Waals surface area (Å²) in [6.45, 7) is 0.0822. The fraction of sp³-hybridized carbons (Fsp3) is 0.0667. The largest absolute Gasteiger partial charge is 0.484 e. The molecule has 0 aliphatic heterocycles. The summed E-state index contributed by atoms with van der Waals surface area (Å²) < 4.78 is 11.9. The van der Waals surface area contributed by atoms with Gasteiger partial charge in [0, 0.05) is 22.2 Å². The molecule has 0 saturated carbocycles. The number of non-ortho nitro benzene ring substituents is 1. The molecule has 0 fully saturated rings. The van der Waals surface area contributed by atoms with Gasteiger partial charge in [0.15, 0.2) is 6.61 Å². The van der Waals surface area contributed by atoms with E-state index in [0.717, 1.165) is 10.0 Å². The normalized spacial score (nSPS) is 10.5. The molecule has 8 heteroatoms. The minimum Gasteiger partial charge on any atom is -0.484 e. The quantitative estimate of drug-likeness (QED) is 0.494. The van der Waals surface area contributed by atoms with Crippen LogP contribution in [0.1, 0.15) is 5.89 Å². The molecule has 0 radical (unpaired) electrons. The maximum absolute atomic E-state index is 10.6. The molecule has 116 valence electrons. The number of nitro groups is 1. The van der Waals surface area contributed by atoms with E-state index in [1.807, 2.05) is 24.3 Å². The smallest absolute Gasteiger partial charge is 0.269 e. The van der Waals surface area contributed by atoms with Crippen LogP contribution in [0.4, 0.5) is 5.69 Å². The van der Waals surface area contributed by atoms with E-state index in [9.17, 15) is 10.1 Å². The van der Waals surface area contributed by atoms with Gasteiger partial charge >= 0.3 is 0 Å². The Labute approximate surface area is 139 Å². The molecule has 3 aromatic rings. The van der Waals surface area contributed by atoms with Crippen molar-refractivity contribution in [2.75, 3.05) is 0 Å². The van der Waals surface area contributed by atoms with Gasteiger partial charge < -0.3 is 9.15 Å². The molecular formula is C15H10BrN3O4. The molecule has 1 aromatic heterocycles. The second-order valence-corrected chi connectivity index (χ2v) is 5.47. The molecule has 0 amide bonds. The lowest BCUT2D eigenvalue weighted by Gasteiger charge is -2.02. The summed E-state index contributed by atoms with van der Waals surface area (Å²) in [4.78, 5) is 10.1. The van der Waals surface area contributed by atoms with E-state index in [1.54, 1.807) is 0 Å². The van der Waals surface area contributed by atoms with Gasteiger partial charge in [0.1, 0.15) is 5.75 Å². The van der Waals surface area contributed by atoms with Crippen LogP contribution in [0.3, 0.4) is 0 Å². The summed E-state index contributed by atoms with van der Waals surface area (Å²) in [6, 6.07) is 13.3. The van der Waals surface area contributed by atoms with Crippen molar-refractivity contribution in [1.82, 2.24) is 10.2 Å². The van der Waals surface area contributed by atoms with Crippen molar-refractivity contribution in [3.8, 4) is 17.2 Å². The molecule has 2 aromatic carbocycles. The SMILES string of the molecule is O=[N+]([O-])c1ccc(OCc2nnc(-c3cccc(Br)c3)o2)cc1. The number of nitrogens with zero attached hydrogens (tertiary/aromatic N) is 3. The first-order chi connectivity index (χ1) is 11.1. The first-order valence-electron chi connectivity index (χ1n) is 6.57. The number of benzene rings is 2. The lowest BCUT2D eigenvalue weighted by Crippen LogP contribution is -1.96. The minimum atomic E-state index is -0.466. The Morgan fingerprint density at radius 3 is 2.65 bits per heavy atom. The molecule has 3 rings (SSSR count). The van der Waals surface area contributed by atoms with Gasteiger partial charge in [-0.2, -0.15) is 0 Å². The van der Waals surface area contributed by atoms with Gasteiger partial charge in [0.05, 0.1) is 4.92 Å². The molecule has 0 saturated heterocycles. The Morgan fingerprint density at radius 1 is 1.17 bits per heavy atom. The van der Waals surface area contributed by atoms with Gasteiger partial charge in [0.2, 0.25) is 5.89 Å². The van der Waals surface area contributed by atoms with E-state index < -0.39 is 4.92 Å².